The van der Waals surface area contributed by atoms with Gasteiger partial charge in [-0.25, -0.2) is 28.6 Å². The van der Waals surface area contributed by atoms with Crippen molar-refractivity contribution in [2.45, 2.75) is 32.9 Å². The first-order valence-corrected chi connectivity index (χ1v) is 16.6. The zero-order valence-electron chi connectivity index (χ0n) is 27.6. The van der Waals surface area contributed by atoms with Crippen LogP contribution < -0.4 is 10.1 Å². The molecule has 0 saturated heterocycles. The maximum atomic E-state index is 14.3. The molecule has 12 nitrogen and oxygen atoms in total. The molecular formula is C37H30Cl2N8O4. The van der Waals surface area contributed by atoms with E-state index in [1.165, 1.54) is 0 Å². The molecule has 14 heteroatoms. The minimum absolute atomic E-state index is 0.229. The molecule has 0 spiro atoms. The summed E-state index contributed by atoms with van der Waals surface area (Å²) in [4.78, 5) is 43.6. The standard InChI is InChI=1S/C37H30Cl2N8O4/c1-22-14-16-25(17-15-22)50-37(49)47(35(33-24(3)9-5-11-27(33)39)29-21-41-31-13-7-19-43-46(29)31)51-36(48)44-34(32-23(2)8-4-10-26(32)38)28-20-40-30-12-6-18-42-45(28)30/h4-21,34-35H,1-3H3,(H,44,48). The molecule has 0 aliphatic heterocycles. The van der Waals surface area contributed by atoms with Gasteiger partial charge in [0.15, 0.2) is 11.3 Å². The summed E-state index contributed by atoms with van der Waals surface area (Å²) in [6.07, 6.45) is 4.31. The van der Waals surface area contributed by atoms with Crippen LogP contribution in [0.25, 0.3) is 11.3 Å². The molecule has 3 aromatic carbocycles. The van der Waals surface area contributed by atoms with Crippen LogP contribution in [-0.2, 0) is 4.84 Å². The number of hydrogen-bond acceptors (Lipinski definition) is 8. The summed E-state index contributed by atoms with van der Waals surface area (Å²) in [5.74, 6) is 0.229. The van der Waals surface area contributed by atoms with Crippen molar-refractivity contribution in [2.24, 2.45) is 0 Å². The number of carbonyl (C=O) groups is 2. The van der Waals surface area contributed by atoms with Crippen LogP contribution in [0.5, 0.6) is 5.75 Å². The van der Waals surface area contributed by atoms with E-state index in [-0.39, 0.29) is 5.75 Å². The topological polar surface area (TPSA) is 128 Å². The van der Waals surface area contributed by atoms with Crippen molar-refractivity contribution in [3.63, 3.8) is 0 Å². The zero-order valence-corrected chi connectivity index (χ0v) is 29.1. The fourth-order valence-corrected chi connectivity index (χ4v) is 6.60. The van der Waals surface area contributed by atoms with Crippen molar-refractivity contribution in [1.29, 1.82) is 0 Å². The summed E-state index contributed by atoms with van der Waals surface area (Å²) < 4.78 is 8.96. The number of nitrogens with one attached hydrogen (secondary N) is 1. The van der Waals surface area contributed by atoms with Gasteiger partial charge in [0.05, 0.1) is 23.8 Å². The highest BCUT2D eigenvalue weighted by Crippen LogP contribution is 2.37. The Morgan fingerprint density at radius 1 is 0.725 bits per heavy atom. The first kappa shape index (κ1) is 33.5. The lowest BCUT2D eigenvalue weighted by Crippen LogP contribution is -2.44. The number of hydroxylamine groups is 2. The number of carbonyl (C=O) groups excluding carboxylic acids is 2. The highest BCUT2D eigenvalue weighted by Gasteiger charge is 2.38. The van der Waals surface area contributed by atoms with Crippen LogP contribution in [-0.4, -0.2) is 46.4 Å². The maximum Gasteiger partial charge on any atom is 0.449 e. The van der Waals surface area contributed by atoms with Gasteiger partial charge in [-0.2, -0.15) is 10.2 Å². The van der Waals surface area contributed by atoms with E-state index in [4.69, 9.17) is 32.8 Å². The summed E-state index contributed by atoms with van der Waals surface area (Å²) in [6, 6.07) is 22.5. The average molecular weight is 722 g/mol. The third kappa shape index (κ3) is 6.66. The number of benzene rings is 3. The predicted octanol–water partition coefficient (Wildman–Crippen LogP) is 8.03. The zero-order chi connectivity index (χ0) is 35.6. The normalized spacial score (nSPS) is 12.4. The van der Waals surface area contributed by atoms with E-state index in [9.17, 15) is 9.59 Å². The molecule has 1 N–H and O–H groups in total. The summed E-state index contributed by atoms with van der Waals surface area (Å²) >= 11 is 13.6. The Morgan fingerprint density at radius 3 is 1.90 bits per heavy atom. The van der Waals surface area contributed by atoms with Gasteiger partial charge in [0.25, 0.3) is 0 Å². The molecule has 4 aromatic heterocycles. The predicted molar refractivity (Wildman–Crippen MR) is 191 cm³/mol. The highest BCUT2D eigenvalue weighted by molar-refractivity contribution is 6.32. The van der Waals surface area contributed by atoms with Gasteiger partial charge in [-0.15, -0.1) is 5.06 Å². The molecule has 0 bridgehead atoms. The first-order chi connectivity index (χ1) is 24.7. The van der Waals surface area contributed by atoms with Crippen LogP contribution in [0.3, 0.4) is 0 Å². The van der Waals surface area contributed by atoms with Gasteiger partial charge in [0.1, 0.15) is 17.8 Å². The van der Waals surface area contributed by atoms with Crippen molar-refractivity contribution in [3.8, 4) is 5.75 Å². The molecule has 2 atom stereocenters. The molecule has 256 valence electrons. The molecule has 0 radical (unpaired) electrons. The second-order valence-corrected chi connectivity index (χ2v) is 12.6. The monoisotopic (exact) mass is 720 g/mol. The third-order valence-electron chi connectivity index (χ3n) is 8.37. The Morgan fingerprint density at radius 2 is 1.29 bits per heavy atom. The van der Waals surface area contributed by atoms with E-state index < -0.39 is 24.3 Å². The first-order valence-electron chi connectivity index (χ1n) is 15.8. The number of amides is 2. The van der Waals surface area contributed by atoms with Gasteiger partial charge in [-0.1, -0.05) is 65.2 Å². The van der Waals surface area contributed by atoms with Crippen molar-refractivity contribution >= 4 is 46.7 Å². The number of nitrogens with zero attached hydrogens (tertiary/aromatic N) is 7. The number of fused-ring (bicyclic) bond motifs is 2. The molecule has 4 heterocycles. The molecule has 7 aromatic rings. The van der Waals surface area contributed by atoms with Gasteiger partial charge in [0, 0.05) is 33.6 Å². The van der Waals surface area contributed by atoms with Crippen molar-refractivity contribution in [1.82, 2.24) is 39.6 Å². The number of aryl methyl sites for hydroxylation is 3. The Labute approximate surface area is 302 Å². The number of rotatable bonds is 7. The van der Waals surface area contributed by atoms with Crippen molar-refractivity contribution in [2.75, 3.05) is 0 Å². The van der Waals surface area contributed by atoms with Gasteiger partial charge < -0.3 is 14.9 Å². The van der Waals surface area contributed by atoms with E-state index in [0.29, 0.717) is 49.4 Å². The summed E-state index contributed by atoms with van der Waals surface area (Å²) in [6.45, 7) is 5.62. The van der Waals surface area contributed by atoms with E-state index in [1.807, 2.05) is 39.0 Å². The van der Waals surface area contributed by atoms with Gasteiger partial charge in [-0.3, -0.25) is 0 Å². The largest absolute Gasteiger partial charge is 0.449 e. The minimum atomic E-state index is -1.18. The molecule has 2 amide bonds. The van der Waals surface area contributed by atoms with Gasteiger partial charge >= 0.3 is 12.2 Å². The molecule has 0 aliphatic rings. The van der Waals surface area contributed by atoms with E-state index in [1.54, 1.807) is 101 Å². The number of halogens is 2. The molecule has 0 saturated carbocycles. The molecule has 0 fully saturated rings. The van der Waals surface area contributed by atoms with Crippen LogP contribution >= 0.6 is 23.2 Å². The number of hydrogen-bond donors (Lipinski definition) is 1. The van der Waals surface area contributed by atoms with Crippen LogP contribution in [0.15, 0.2) is 110 Å². The van der Waals surface area contributed by atoms with Crippen molar-refractivity contribution < 1.29 is 19.2 Å². The van der Waals surface area contributed by atoms with E-state index in [0.717, 1.165) is 16.2 Å². The van der Waals surface area contributed by atoms with Gasteiger partial charge in [-0.05, 0) is 80.4 Å². The SMILES string of the molecule is Cc1ccc(OC(=O)N(OC(=O)NC(c2c(C)cccc2Cl)c2cnc3cccnn23)C(c2c(C)cccc2Cl)c2cnc3cccnn23)cc1. The lowest BCUT2D eigenvalue weighted by molar-refractivity contribution is -0.0948. The maximum absolute atomic E-state index is 14.3. The second-order valence-electron chi connectivity index (χ2n) is 11.8. The van der Waals surface area contributed by atoms with Crippen LogP contribution in [0, 0.1) is 20.8 Å². The number of imidazole rings is 2. The molecule has 7 rings (SSSR count). The smallest absolute Gasteiger partial charge is 0.408 e. The summed E-state index contributed by atoms with van der Waals surface area (Å²) in [5.41, 5.74) is 5.42. The summed E-state index contributed by atoms with van der Waals surface area (Å²) in [7, 11) is 0. The van der Waals surface area contributed by atoms with Crippen molar-refractivity contribution in [3.05, 3.63) is 159 Å². The quantitative estimate of drug-likeness (QED) is 0.164. The summed E-state index contributed by atoms with van der Waals surface area (Å²) in [5, 5.41) is 13.4. The Balaban J connectivity index is 1.35. The number of aromatic nitrogens is 6. The second kappa shape index (κ2) is 14.1. The molecule has 0 aliphatic carbocycles. The van der Waals surface area contributed by atoms with E-state index >= 15 is 0 Å². The minimum Gasteiger partial charge on any atom is -0.408 e. The third-order valence-corrected chi connectivity index (χ3v) is 9.03. The Bertz CT molecular complexity index is 2350. The van der Waals surface area contributed by atoms with Crippen LogP contribution in [0.2, 0.25) is 10.0 Å². The fourth-order valence-electron chi connectivity index (χ4n) is 5.94. The van der Waals surface area contributed by atoms with Gasteiger partial charge in [0.2, 0.25) is 0 Å². The van der Waals surface area contributed by atoms with E-state index in [2.05, 4.69) is 25.5 Å². The lowest BCUT2D eigenvalue weighted by atomic mass is 9.98. The molecule has 51 heavy (non-hydrogen) atoms. The Hall–Kier alpha value is -5.98. The highest BCUT2D eigenvalue weighted by atomic mass is 35.5. The Kier molecular flexibility index (Phi) is 9.26. The van der Waals surface area contributed by atoms with Crippen LogP contribution in [0.1, 0.15) is 51.3 Å². The molecular weight excluding hydrogens is 691 g/mol. The fraction of sp³-hybridized carbons (Fsp3) is 0.135. The van der Waals surface area contributed by atoms with Crippen LogP contribution in [0.4, 0.5) is 9.59 Å². The molecule has 2 unspecified atom stereocenters. The lowest BCUT2D eigenvalue weighted by Gasteiger charge is -2.31. The average Bonchev–Trinajstić information content (AvgIpc) is 3.74. The number of ether oxygens (including phenoxy) is 1.